The van der Waals surface area contributed by atoms with Crippen molar-refractivity contribution in [2.24, 2.45) is 11.8 Å². The molecular weight excluding hydrogens is 356 g/mol. The summed E-state index contributed by atoms with van der Waals surface area (Å²) in [6.07, 6.45) is 4.55. The first-order valence-electron chi connectivity index (χ1n) is 9.60. The number of aliphatic hydroxyl groups is 1. The van der Waals surface area contributed by atoms with Crippen molar-refractivity contribution in [2.75, 3.05) is 50.8 Å². The van der Waals surface area contributed by atoms with Crippen molar-refractivity contribution >= 4 is 27.6 Å². The lowest BCUT2D eigenvalue weighted by molar-refractivity contribution is -0.175. The Balaban J connectivity index is 1.32. The molecule has 1 N–H and O–H groups in total. The van der Waals surface area contributed by atoms with Crippen molar-refractivity contribution in [1.82, 2.24) is 9.80 Å². The van der Waals surface area contributed by atoms with Gasteiger partial charge in [0.2, 0.25) is 0 Å². The third kappa shape index (κ3) is 3.72. The van der Waals surface area contributed by atoms with Crippen LogP contribution in [0.25, 0.3) is 0 Å². The predicted molar refractivity (Wildman–Crippen MR) is 103 cm³/mol. The van der Waals surface area contributed by atoms with E-state index in [0.29, 0.717) is 11.8 Å². The fraction of sp³-hybridized carbons (Fsp3) is 0.944. The van der Waals surface area contributed by atoms with Crippen molar-refractivity contribution in [3.05, 3.63) is 0 Å². The van der Waals surface area contributed by atoms with E-state index in [0.717, 1.165) is 76.5 Å². The third-order valence-electron chi connectivity index (χ3n) is 6.71. The fourth-order valence-corrected chi connectivity index (χ4v) is 8.31. The maximum Gasteiger partial charge on any atom is 0.303 e. The highest BCUT2D eigenvalue weighted by atomic mass is 33.1. The summed E-state index contributed by atoms with van der Waals surface area (Å²) in [5.41, 5.74) is -0.852. The van der Waals surface area contributed by atoms with E-state index in [-0.39, 0.29) is 11.6 Å². The largest absolute Gasteiger partial charge is 0.457 e. The van der Waals surface area contributed by atoms with Gasteiger partial charge in [-0.15, -0.1) is 0 Å². The molecule has 6 fully saturated rings. The van der Waals surface area contributed by atoms with E-state index in [4.69, 9.17) is 4.74 Å². The smallest absolute Gasteiger partial charge is 0.303 e. The molecule has 0 aliphatic carbocycles. The molecule has 2 unspecified atom stereocenters. The number of piperidine rings is 6. The predicted octanol–water partition coefficient (Wildman–Crippen LogP) is 1.85. The van der Waals surface area contributed by atoms with Gasteiger partial charge in [-0.2, -0.15) is 0 Å². The standard InChI is InChI=1S/C18H30N2O3S2/c1-14(21)23-18(11-20-8-4-16(18)5-9-20)13-25-24-12-17(22)10-19-6-2-15(17)3-7-19/h15-16,22H,2-13H2,1H3. The Morgan fingerprint density at radius 2 is 1.56 bits per heavy atom. The quantitative estimate of drug-likeness (QED) is 0.425. The van der Waals surface area contributed by atoms with Gasteiger partial charge < -0.3 is 14.7 Å². The monoisotopic (exact) mass is 386 g/mol. The minimum absolute atomic E-state index is 0.157. The molecule has 4 bridgehead atoms. The summed E-state index contributed by atoms with van der Waals surface area (Å²) in [6, 6.07) is 0. The number of fused-ring (bicyclic) bond motifs is 6. The number of hydrogen-bond donors (Lipinski definition) is 1. The minimum atomic E-state index is -0.530. The lowest BCUT2D eigenvalue weighted by Crippen LogP contribution is -2.62. The molecule has 6 aliphatic heterocycles. The van der Waals surface area contributed by atoms with E-state index in [2.05, 4.69) is 9.80 Å². The van der Waals surface area contributed by atoms with Crippen molar-refractivity contribution < 1.29 is 14.6 Å². The lowest BCUT2D eigenvalue weighted by atomic mass is 9.76. The van der Waals surface area contributed by atoms with E-state index in [1.54, 1.807) is 21.6 Å². The summed E-state index contributed by atoms with van der Waals surface area (Å²) in [5, 5.41) is 11.0. The molecule has 7 heteroatoms. The Morgan fingerprint density at radius 3 is 2.04 bits per heavy atom. The molecule has 6 heterocycles. The summed E-state index contributed by atoms with van der Waals surface area (Å²) in [5.74, 6) is 2.42. The summed E-state index contributed by atoms with van der Waals surface area (Å²) < 4.78 is 5.89. The average molecular weight is 387 g/mol. The zero-order valence-corrected chi connectivity index (χ0v) is 16.7. The minimum Gasteiger partial charge on any atom is -0.457 e. The fourth-order valence-electron chi connectivity index (χ4n) is 5.31. The van der Waals surface area contributed by atoms with Crippen LogP contribution >= 0.6 is 21.6 Å². The maximum atomic E-state index is 11.7. The summed E-state index contributed by atoms with van der Waals surface area (Å²) in [4.78, 5) is 16.6. The molecule has 0 amide bonds. The first-order valence-corrected chi connectivity index (χ1v) is 12.1. The summed E-state index contributed by atoms with van der Waals surface area (Å²) in [6.45, 7) is 7.83. The molecule has 6 rings (SSSR count). The second kappa shape index (κ2) is 7.23. The van der Waals surface area contributed by atoms with Crippen LogP contribution in [0.5, 0.6) is 0 Å². The van der Waals surface area contributed by atoms with Crippen LogP contribution < -0.4 is 0 Å². The summed E-state index contributed by atoms with van der Waals surface area (Å²) >= 11 is 0. The molecule has 0 spiro atoms. The van der Waals surface area contributed by atoms with E-state index in [1.807, 2.05) is 0 Å². The average Bonchev–Trinajstić information content (AvgIpc) is 2.60. The molecule has 0 aromatic rings. The summed E-state index contributed by atoms with van der Waals surface area (Å²) in [7, 11) is 3.57. The molecule has 0 aromatic carbocycles. The molecule has 0 radical (unpaired) electrons. The highest BCUT2D eigenvalue weighted by Crippen LogP contribution is 2.44. The normalized spacial score (nSPS) is 45.5. The second-order valence-electron chi connectivity index (χ2n) is 8.39. The molecule has 0 aromatic heterocycles. The number of hydrogen-bond acceptors (Lipinski definition) is 7. The van der Waals surface area contributed by atoms with Crippen molar-refractivity contribution in [3.63, 3.8) is 0 Å². The zero-order chi connectivity index (χ0) is 17.5. The molecule has 142 valence electrons. The van der Waals surface area contributed by atoms with Crippen molar-refractivity contribution in [3.8, 4) is 0 Å². The SMILES string of the molecule is CC(=O)OC1(CSSCC2(O)CN3CCC2CC3)CN2CCC1CC2. The Morgan fingerprint density at radius 1 is 1.00 bits per heavy atom. The third-order valence-corrected chi connectivity index (χ3v) is 9.31. The van der Waals surface area contributed by atoms with Gasteiger partial charge in [-0.25, -0.2) is 0 Å². The van der Waals surface area contributed by atoms with Crippen LogP contribution in [-0.4, -0.2) is 82.9 Å². The lowest BCUT2D eigenvalue weighted by Gasteiger charge is -2.52. The van der Waals surface area contributed by atoms with E-state index in [1.165, 1.54) is 6.92 Å². The van der Waals surface area contributed by atoms with Crippen LogP contribution in [0, 0.1) is 11.8 Å². The number of esters is 1. The van der Waals surface area contributed by atoms with Gasteiger partial charge >= 0.3 is 5.97 Å². The van der Waals surface area contributed by atoms with Gasteiger partial charge in [0, 0.05) is 37.4 Å². The van der Waals surface area contributed by atoms with Crippen LogP contribution in [0.4, 0.5) is 0 Å². The highest BCUT2D eigenvalue weighted by Gasteiger charge is 2.50. The first-order chi connectivity index (χ1) is 12.0. The molecule has 5 nitrogen and oxygen atoms in total. The second-order valence-corrected chi connectivity index (χ2v) is 10.9. The van der Waals surface area contributed by atoms with E-state index >= 15 is 0 Å². The van der Waals surface area contributed by atoms with E-state index < -0.39 is 5.60 Å². The van der Waals surface area contributed by atoms with Gasteiger partial charge in [0.15, 0.2) is 0 Å². The molecule has 6 aliphatic rings. The Hall–Kier alpha value is 0.0500. The van der Waals surface area contributed by atoms with Crippen LogP contribution in [0.1, 0.15) is 32.6 Å². The van der Waals surface area contributed by atoms with Gasteiger partial charge in [0.05, 0.1) is 5.60 Å². The highest BCUT2D eigenvalue weighted by molar-refractivity contribution is 8.76. The van der Waals surface area contributed by atoms with Crippen LogP contribution in [0.3, 0.4) is 0 Å². The van der Waals surface area contributed by atoms with E-state index in [9.17, 15) is 9.90 Å². The Bertz CT molecular complexity index is 507. The number of nitrogens with zero attached hydrogens (tertiary/aromatic N) is 2. The first kappa shape index (κ1) is 18.4. The zero-order valence-electron chi connectivity index (χ0n) is 15.1. The number of carbonyl (C=O) groups excluding carboxylic acids is 1. The maximum absolute atomic E-state index is 11.7. The van der Waals surface area contributed by atoms with Crippen molar-refractivity contribution in [1.29, 1.82) is 0 Å². The molecule has 2 atom stereocenters. The number of carbonyl (C=O) groups is 1. The number of rotatable bonds is 6. The van der Waals surface area contributed by atoms with Gasteiger partial charge in [-0.05, 0) is 57.8 Å². The Labute approximate surface area is 158 Å². The molecule has 0 saturated carbocycles. The van der Waals surface area contributed by atoms with Gasteiger partial charge in [-0.3, -0.25) is 9.69 Å². The Kier molecular flexibility index (Phi) is 5.32. The van der Waals surface area contributed by atoms with Gasteiger partial charge in [0.25, 0.3) is 0 Å². The van der Waals surface area contributed by atoms with Gasteiger partial charge in [-0.1, -0.05) is 21.6 Å². The van der Waals surface area contributed by atoms with Crippen LogP contribution in [-0.2, 0) is 9.53 Å². The van der Waals surface area contributed by atoms with Gasteiger partial charge in [0.1, 0.15) is 5.60 Å². The molecular formula is C18H30N2O3S2. The van der Waals surface area contributed by atoms with Crippen LogP contribution in [0.15, 0.2) is 0 Å². The molecule has 25 heavy (non-hydrogen) atoms. The topological polar surface area (TPSA) is 53.0 Å². The van der Waals surface area contributed by atoms with Crippen LogP contribution in [0.2, 0.25) is 0 Å². The molecule has 6 saturated heterocycles. The van der Waals surface area contributed by atoms with Crippen molar-refractivity contribution in [2.45, 2.75) is 43.8 Å². The number of ether oxygens (including phenoxy) is 1.